The van der Waals surface area contributed by atoms with Crippen LogP contribution in [-0.2, 0) is 11.3 Å². The number of hydrogen-bond acceptors (Lipinski definition) is 5. The van der Waals surface area contributed by atoms with Gasteiger partial charge in [-0.1, -0.05) is 30.3 Å². The topological polar surface area (TPSA) is 95.5 Å². The number of hydrogen-bond donors (Lipinski definition) is 2. The lowest BCUT2D eigenvalue weighted by atomic mass is 10.2. The maximum atomic E-state index is 12.3. The van der Waals surface area contributed by atoms with Gasteiger partial charge >= 0.3 is 6.09 Å². The van der Waals surface area contributed by atoms with Gasteiger partial charge in [0.1, 0.15) is 12.4 Å². The Bertz CT molecular complexity index is 744. The molecule has 2 aromatic rings. The molecule has 1 aromatic heterocycles. The molecule has 1 amide bonds. The van der Waals surface area contributed by atoms with Crippen LogP contribution in [0.2, 0.25) is 0 Å². The molecule has 0 spiro atoms. The van der Waals surface area contributed by atoms with Gasteiger partial charge < -0.3 is 14.8 Å². The minimum absolute atomic E-state index is 0.197. The second kappa shape index (κ2) is 6.51. The molecular weight excluding hydrogens is 298 g/mol. The van der Waals surface area contributed by atoms with Gasteiger partial charge in [-0.05, 0) is 18.4 Å². The van der Waals surface area contributed by atoms with Crippen molar-refractivity contribution in [1.29, 1.82) is 0 Å². The summed E-state index contributed by atoms with van der Waals surface area (Å²) in [6.07, 6.45) is 2.15. The second-order valence-corrected chi connectivity index (χ2v) is 5.37. The zero-order valence-electron chi connectivity index (χ0n) is 12.4. The average molecular weight is 315 g/mol. The number of amides is 1. The van der Waals surface area contributed by atoms with Crippen LogP contribution in [0.25, 0.3) is 0 Å². The first-order chi connectivity index (χ1) is 11.1. The summed E-state index contributed by atoms with van der Waals surface area (Å²) in [4.78, 5) is 31.9. The van der Waals surface area contributed by atoms with Crippen LogP contribution in [0.3, 0.4) is 0 Å². The minimum Gasteiger partial charge on any atom is -0.502 e. The van der Waals surface area contributed by atoms with E-state index in [0.29, 0.717) is 18.8 Å². The van der Waals surface area contributed by atoms with Gasteiger partial charge in [0, 0.05) is 6.54 Å². The Hall–Kier alpha value is -2.83. The molecule has 1 fully saturated rings. The highest BCUT2D eigenvalue weighted by atomic mass is 16.6. The lowest BCUT2D eigenvalue weighted by Gasteiger charge is -2.23. The van der Waals surface area contributed by atoms with Crippen LogP contribution >= 0.6 is 0 Å². The minimum atomic E-state index is -0.612. The maximum absolute atomic E-state index is 12.3. The van der Waals surface area contributed by atoms with Gasteiger partial charge in [0.05, 0.1) is 12.2 Å². The summed E-state index contributed by atoms with van der Waals surface area (Å²) < 4.78 is 5.34. The number of aromatic nitrogens is 2. The number of aromatic amines is 1. The summed E-state index contributed by atoms with van der Waals surface area (Å²) in [6.45, 7) is 0.741. The van der Waals surface area contributed by atoms with Crippen molar-refractivity contribution in [1.82, 2.24) is 14.9 Å². The maximum Gasteiger partial charge on any atom is 0.410 e. The van der Waals surface area contributed by atoms with E-state index in [2.05, 4.69) is 9.97 Å². The van der Waals surface area contributed by atoms with E-state index in [-0.39, 0.29) is 12.6 Å². The fraction of sp³-hybridized carbons (Fsp3) is 0.312. The number of H-pyrrole nitrogens is 1. The van der Waals surface area contributed by atoms with Crippen molar-refractivity contribution in [2.45, 2.75) is 25.5 Å². The number of ether oxygens (including phenoxy) is 1. The molecule has 1 saturated heterocycles. The highest BCUT2D eigenvalue weighted by Crippen LogP contribution is 2.30. The summed E-state index contributed by atoms with van der Waals surface area (Å²) in [5, 5.41) is 9.26. The molecule has 1 aromatic carbocycles. The van der Waals surface area contributed by atoms with Crippen molar-refractivity contribution in [2.75, 3.05) is 6.54 Å². The summed E-state index contributed by atoms with van der Waals surface area (Å²) in [5.41, 5.74) is 0.298. The smallest absolute Gasteiger partial charge is 0.410 e. The molecular formula is C16H17N3O4. The molecule has 2 N–H and O–H groups in total. The Morgan fingerprint density at radius 1 is 1.39 bits per heavy atom. The van der Waals surface area contributed by atoms with Gasteiger partial charge in [-0.15, -0.1) is 0 Å². The zero-order valence-corrected chi connectivity index (χ0v) is 12.4. The van der Waals surface area contributed by atoms with Gasteiger partial charge in [-0.2, -0.15) is 0 Å². The van der Waals surface area contributed by atoms with E-state index in [4.69, 9.17) is 4.74 Å². The number of benzene rings is 1. The molecule has 1 atom stereocenters. The van der Waals surface area contributed by atoms with Crippen LogP contribution < -0.4 is 5.56 Å². The van der Waals surface area contributed by atoms with Gasteiger partial charge in [0.2, 0.25) is 0 Å². The van der Waals surface area contributed by atoms with E-state index in [9.17, 15) is 14.7 Å². The van der Waals surface area contributed by atoms with Gasteiger partial charge in [0.15, 0.2) is 5.75 Å². The van der Waals surface area contributed by atoms with Crippen LogP contribution in [0.1, 0.15) is 30.3 Å². The van der Waals surface area contributed by atoms with Gasteiger partial charge in [-0.3, -0.25) is 9.69 Å². The standard InChI is InChI=1S/C16H17N3O4/c20-13-9-17-14(18-15(13)21)12-7-4-8-19(12)16(22)23-10-11-5-2-1-3-6-11/h1-3,5-6,9,12,20H,4,7-8,10H2,(H,17,18,21)/t12-/m0/s1. The molecule has 0 radical (unpaired) electrons. The molecule has 7 heteroatoms. The third-order valence-electron chi connectivity index (χ3n) is 3.81. The average Bonchev–Trinajstić information content (AvgIpc) is 3.06. The molecule has 0 unspecified atom stereocenters. The van der Waals surface area contributed by atoms with Crippen molar-refractivity contribution < 1.29 is 14.6 Å². The summed E-state index contributed by atoms with van der Waals surface area (Å²) in [7, 11) is 0. The van der Waals surface area contributed by atoms with E-state index in [1.54, 1.807) is 4.90 Å². The highest BCUT2D eigenvalue weighted by Gasteiger charge is 2.32. The third kappa shape index (κ3) is 3.33. The molecule has 23 heavy (non-hydrogen) atoms. The molecule has 0 bridgehead atoms. The molecule has 7 nitrogen and oxygen atoms in total. The van der Waals surface area contributed by atoms with Crippen LogP contribution in [-0.4, -0.2) is 32.6 Å². The molecule has 1 aliphatic rings. The Morgan fingerprint density at radius 2 is 2.17 bits per heavy atom. The quantitative estimate of drug-likeness (QED) is 0.902. The van der Waals surface area contributed by atoms with Crippen molar-refractivity contribution in [3.63, 3.8) is 0 Å². The second-order valence-electron chi connectivity index (χ2n) is 5.37. The fourth-order valence-corrected chi connectivity index (χ4v) is 2.64. The number of nitrogens with one attached hydrogen (secondary N) is 1. The Labute approximate surface area is 132 Å². The predicted octanol–water partition coefficient (Wildman–Crippen LogP) is 1.95. The normalized spacial score (nSPS) is 17.2. The van der Waals surface area contributed by atoms with Crippen LogP contribution in [0.4, 0.5) is 4.79 Å². The van der Waals surface area contributed by atoms with Crippen LogP contribution in [0, 0.1) is 0 Å². The van der Waals surface area contributed by atoms with E-state index in [1.165, 1.54) is 0 Å². The SMILES string of the molecule is O=C(OCc1ccccc1)N1CCC[C@H]1c1ncc(O)c(=O)[nH]1. The van der Waals surface area contributed by atoms with Crippen molar-refractivity contribution in [2.24, 2.45) is 0 Å². The zero-order chi connectivity index (χ0) is 16.2. The van der Waals surface area contributed by atoms with Crippen LogP contribution in [0.15, 0.2) is 41.3 Å². The molecule has 2 heterocycles. The Balaban J connectivity index is 1.69. The van der Waals surface area contributed by atoms with Crippen molar-refractivity contribution >= 4 is 6.09 Å². The van der Waals surface area contributed by atoms with Crippen molar-refractivity contribution in [3.8, 4) is 5.75 Å². The first-order valence-electron chi connectivity index (χ1n) is 7.40. The number of carbonyl (C=O) groups excluding carboxylic acids is 1. The lowest BCUT2D eigenvalue weighted by Crippen LogP contribution is -2.32. The predicted molar refractivity (Wildman–Crippen MR) is 81.8 cm³/mol. The number of rotatable bonds is 3. The fourth-order valence-electron chi connectivity index (χ4n) is 2.64. The Morgan fingerprint density at radius 3 is 2.91 bits per heavy atom. The number of nitrogens with zero attached hydrogens (tertiary/aromatic N) is 2. The van der Waals surface area contributed by atoms with E-state index >= 15 is 0 Å². The Kier molecular flexibility index (Phi) is 4.27. The monoisotopic (exact) mass is 315 g/mol. The number of aromatic hydroxyl groups is 1. The van der Waals surface area contributed by atoms with Gasteiger partial charge in [-0.25, -0.2) is 9.78 Å². The molecule has 0 aliphatic carbocycles. The first-order valence-corrected chi connectivity index (χ1v) is 7.40. The summed E-state index contributed by atoms with van der Waals surface area (Å²) in [5.74, 6) is -0.0769. The molecule has 120 valence electrons. The van der Waals surface area contributed by atoms with Crippen molar-refractivity contribution in [3.05, 3.63) is 58.3 Å². The number of likely N-dealkylation sites (tertiary alicyclic amines) is 1. The van der Waals surface area contributed by atoms with E-state index in [0.717, 1.165) is 18.2 Å². The number of carbonyl (C=O) groups is 1. The van der Waals surface area contributed by atoms with E-state index < -0.39 is 17.4 Å². The van der Waals surface area contributed by atoms with Gasteiger partial charge in [0.25, 0.3) is 5.56 Å². The largest absolute Gasteiger partial charge is 0.502 e. The molecule has 0 saturated carbocycles. The molecule has 1 aliphatic heterocycles. The lowest BCUT2D eigenvalue weighted by molar-refractivity contribution is 0.0908. The summed E-state index contributed by atoms with van der Waals surface area (Å²) in [6, 6.07) is 9.09. The molecule has 3 rings (SSSR count). The van der Waals surface area contributed by atoms with E-state index in [1.807, 2.05) is 30.3 Å². The van der Waals surface area contributed by atoms with Crippen LogP contribution in [0.5, 0.6) is 5.75 Å². The first kappa shape index (κ1) is 15.1. The highest BCUT2D eigenvalue weighted by molar-refractivity contribution is 5.68. The third-order valence-corrected chi connectivity index (χ3v) is 3.81. The summed E-state index contributed by atoms with van der Waals surface area (Å²) >= 11 is 0.